The Bertz CT molecular complexity index is 440. The third kappa shape index (κ3) is 2.93. The summed E-state index contributed by atoms with van der Waals surface area (Å²) >= 11 is 0. The number of hydrogen-bond acceptors (Lipinski definition) is 5. The van der Waals surface area contributed by atoms with Crippen LogP contribution in [0.15, 0.2) is 16.9 Å². The molecule has 0 spiro atoms. The van der Waals surface area contributed by atoms with Gasteiger partial charge in [0.05, 0.1) is 17.0 Å². The highest BCUT2D eigenvalue weighted by atomic mass is 16.4. The zero-order valence-electron chi connectivity index (χ0n) is 10.4. The van der Waals surface area contributed by atoms with Gasteiger partial charge in [-0.15, -0.1) is 0 Å². The first-order valence-electron chi connectivity index (χ1n) is 5.65. The van der Waals surface area contributed by atoms with Crippen LogP contribution in [0.2, 0.25) is 0 Å². The van der Waals surface area contributed by atoms with E-state index in [2.05, 4.69) is 10.4 Å². The van der Waals surface area contributed by atoms with E-state index < -0.39 is 18.4 Å². The van der Waals surface area contributed by atoms with Crippen molar-refractivity contribution in [3.05, 3.63) is 11.8 Å². The molecule has 0 aromatic heterocycles. The molecule has 1 heterocycles. The zero-order chi connectivity index (χ0) is 13.7. The van der Waals surface area contributed by atoms with Gasteiger partial charge in [0.1, 0.15) is 6.54 Å². The van der Waals surface area contributed by atoms with Crippen LogP contribution in [0.25, 0.3) is 0 Å². The second-order valence-corrected chi connectivity index (χ2v) is 3.65. The third-order valence-electron chi connectivity index (χ3n) is 2.33. The molecule has 0 aliphatic carbocycles. The second-order valence-electron chi connectivity index (χ2n) is 3.65. The minimum atomic E-state index is -1.14. The summed E-state index contributed by atoms with van der Waals surface area (Å²) < 4.78 is 0. The van der Waals surface area contributed by atoms with Crippen molar-refractivity contribution in [2.75, 3.05) is 13.1 Å². The molecule has 1 amide bonds. The monoisotopic (exact) mass is 252 g/mol. The van der Waals surface area contributed by atoms with Gasteiger partial charge in [-0.1, -0.05) is 6.92 Å². The molecule has 0 atom stereocenters. The van der Waals surface area contributed by atoms with Crippen molar-refractivity contribution in [1.29, 1.82) is 5.41 Å². The third-order valence-corrected chi connectivity index (χ3v) is 2.33. The maximum absolute atomic E-state index is 11.9. The highest BCUT2D eigenvalue weighted by Gasteiger charge is 2.30. The lowest BCUT2D eigenvalue weighted by Crippen LogP contribution is -2.42. The van der Waals surface area contributed by atoms with Crippen molar-refractivity contribution in [2.24, 2.45) is 5.10 Å². The van der Waals surface area contributed by atoms with Crippen LogP contribution in [-0.4, -0.2) is 46.5 Å². The fraction of sp³-hybridized carbons (Fsp3) is 0.455. The minimum absolute atomic E-state index is 0.0464. The number of amides is 1. The van der Waals surface area contributed by atoms with E-state index in [1.807, 2.05) is 6.92 Å². The van der Waals surface area contributed by atoms with Crippen molar-refractivity contribution in [3.8, 4) is 0 Å². The number of rotatable bonds is 5. The average Bonchev–Trinajstić information content (AvgIpc) is 2.32. The van der Waals surface area contributed by atoms with E-state index in [0.29, 0.717) is 18.7 Å². The van der Waals surface area contributed by atoms with E-state index in [4.69, 9.17) is 10.5 Å². The van der Waals surface area contributed by atoms with Gasteiger partial charge in [0.2, 0.25) is 0 Å². The molecule has 1 rings (SSSR count). The van der Waals surface area contributed by atoms with E-state index in [1.54, 1.807) is 6.92 Å². The molecule has 0 aromatic rings. The number of nitrogens with one attached hydrogen (secondary N) is 2. The second kappa shape index (κ2) is 5.95. The number of hydrogen-bond donors (Lipinski definition) is 3. The van der Waals surface area contributed by atoms with Crippen LogP contribution in [0.3, 0.4) is 0 Å². The van der Waals surface area contributed by atoms with Crippen LogP contribution >= 0.6 is 0 Å². The first-order chi connectivity index (χ1) is 8.51. The Morgan fingerprint density at radius 2 is 2.22 bits per heavy atom. The first kappa shape index (κ1) is 13.9. The summed E-state index contributed by atoms with van der Waals surface area (Å²) in [6.45, 7) is 3.77. The maximum Gasteiger partial charge on any atom is 0.325 e. The fourth-order valence-corrected chi connectivity index (χ4v) is 1.46. The SMILES string of the molecule is CCN/C=C1\C(=N)C(CC)=NN(CC(=O)O)C1=O. The lowest BCUT2D eigenvalue weighted by Gasteiger charge is -2.24. The van der Waals surface area contributed by atoms with Crippen LogP contribution in [0, 0.1) is 5.41 Å². The van der Waals surface area contributed by atoms with Crippen LogP contribution in [0.5, 0.6) is 0 Å². The molecule has 7 nitrogen and oxygen atoms in total. The summed E-state index contributed by atoms with van der Waals surface area (Å²) in [6, 6.07) is 0. The topological polar surface area (TPSA) is 106 Å². The molecule has 0 unspecified atom stereocenters. The van der Waals surface area contributed by atoms with E-state index in [9.17, 15) is 9.59 Å². The molecule has 1 aliphatic rings. The smallest absolute Gasteiger partial charge is 0.325 e. The molecular weight excluding hydrogens is 236 g/mol. The summed E-state index contributed by atoms with van der Waals surface area (Å²) in [5.74, 6) is -1.71. The molecule has 1 aliphatic heterocycles. The van der Waals surface area contributed by atoms with Gasteiger partial charge in [-0.25, -0.2) is 5.01 Å². The molecule has 0 bridgehead atoms. The van der Waals surface area contributed by atoms with E-state index in [0.717, 1.165) is 5.01 Å². The normalized spacial score (nSPS) is 18.0. The molecule has 3 N–H and O–H groups in total. The van der Waals surface area contributed by atoms with Crippen LogP contribution in [0.4, 0.5) is 0 Å². The van der Waals surface area contributed by atoms with Gasteiger partial charge in [-0.2, -0.15) is 5.10 Å². The van der Waals surface area contributed by atoms with E-state index >= 15 is 0 Å². The van der Waals surface area contributed by atoms with Gasteiger partial charge in [0.15, 0.2) is 0 Å². The zero-order valence-corrected chi connectivity index (χ0v) is 10.4. The van der Waals surface area contributed by atoms with Crippen molar-refractivity contribution in [3.63, 3.8) is 0 Å². The Morgan fingerprint density at radius 3 is 2.72 bits per heavy atom. The average molecular weight is 252 g/mol. The molecular formula is C11H16N4O3. The predicted molar refractivity (Wildman–Crippen MR) is 66.6 cm³/mol. The predicted octanol–water partition coefficient (Wildman–Crippen LogP) is 0.192. The van der Waals surface area contributed by atoms with Gasteiger partial charge in [-0.3, -0.25) is 15.0 Å². The number of nitrogens with zero attached hydrogens (tertiary/aromatic N) is 2. The highest BCUT2D eigenvalue weighted by Crippen LogP contribution is 2.13. The number of carbonyl (C=O) groups excluding carboxylic acids is 1. The molecule has 0 saturated heterocycles. The molecule has 18 heavy (non-hydrogen) atoms. The molecule has 7 heteroatoms. The quantitative estimate of drug-likeness (QED) is 0.607. The van der Waals surface area contributed by atoms with Gasteiger partial charge in [-0.05, 0) is 13.3 Å². The van der Waals surface area contributed by atoms with Crippen molar-refractivity contribution < 1.29 is 14.7 Å². The van der Waals surface area contributed by atoms with Gasteiger partial charge >= 0.3 is 5.97 Å². The fourth-order valence-electron chi connectivity index (χ4n) is 1.46. The van der Waals surface area contributed by atoms with Crippen LogP contribution in [0.1, 0.15) is 20.3 Å². The van der Waals surface area contributed by atoms with Crippen molar-refractivity contribution in [2.45, 2.75) is 20.3 Å². The lowest BCUT2D eigenvalue weighted by molar-refractivity contribution is -0.143. The minimum Gasteiger partial charge on any atom is -0.480 e. The molecule has 0 radical (unpaired) electrons. The van der Waals surface area contributed by atoms with Gasteiger partial charge in [0, 0.05) is 12.7 Å². The van der Waals surface area contributed by atoms with Gasteiger partial charge < -0.3 is 10.4 Å². The summed E-state index contributed by atoms with van der Waals surface area (Å²) in [5.41, 5.74) is 0.593. The maximum atomic E-state index is 11.9. The number of carboxylic acids is 1. The Balaban J connectivity index is 3.09. The Labute approximate surface area is 105 Å². The molecule has 98 valence electrons. The summed E-state index contributed by atoms with van der Waals surface area (Å²) in [6.07, 6.45) is 1.90. The molecule has 0 saturated carbocycles. The molecule has 0 fully saturated rings. The number of carboxylic acid groups (broad SMARTS) is 1. The van der Waals surface area contributed by atoms with Crippen LogP contribution in [-0.2, 0) is 9.59 Å². The number of hydrazone groups is 1. The van der Waals surface area contributed by atoms with Gasteiger partial charge in [0.25, 0.3) is 5.91 Å². The summed E-state index contributed by atoms with van der Waals surface area (Å²) in [7, 11) is 0. The Morgan fingerprint density at radius 1 is 1.56 bits per heavy atom. The summed E-state index contributed by atoms with van der Waals surface area (Å²) in [5, 5.41) is 24.2. The molecule has 0 aromatic carbocycles. The lowest BCUT2D eigenvalue weighted by atomic mass is 10.0. The Kier molecular flexibility index (Phi) is 4.59. The van der Waals surface area contributed by atoms with Crippen molar-refractivity contribution >= 4 is 23.3 Å². The number of carbonyl (C=O) groups is 2. The van der Waals surface area contributed by atoms with E-state index in [1.165, 1.54) is 6.20 Å². The Hall–Kier alpha value is -2.18. The standard InChI is InChI=1S/C11H16N4O3/c1-3-8-10(12)7(5-13-4-2)11(18)15(14-8)6-9(16)17/h5,12-13H,3-4,6H2,1-2H3,(H,16,17)/b7-5+,12-10?. The number of aliphatic carboxylic acids is 1. The summed E-state index contributed by atoms with van der Waals surface area (Å²) in [4.78, 5) is 22.6. The van der Waals surface area contributed by atoms with Crippen LogP contribution < -0.4 is 5.32 Å². The van der Waals surface area contributed by atoms with E-state index in [-0.39, 0.29) is 11.3 Å². The van der Waals surface area contributed by atoms with Crippen molar-refractivity contribution in [1.82, 2.24) is 10.3 Å². The first-order valence-corrected chi connectivity index (χ1v) is 5.65. The highest BCUT2D eigenvalue weighted by molar-refractivity contribution is 6.53. The largest absolute Gasteiger partial charge is 0.480 e.